The van der Waals surface area contributed by atoms with Crippen LogP contribution < -0.4 is 5.32 Å². The highest BCUT2D eigenvalue weighted by atomic mass is 19.4. The Morgan fingerprint density at radius 2 is 1.97 bits per heavy atom. The van der Waals surface area contributed by atoms with E-state index in [4.69, 9.17) is 0 Å². The van der Waals surface area contributed by atoms with E-state index in [1.807, 2.05) is 18.2 Å². The lowest BCUT2D eigenvalue weighted by molar-refractivity contribution is -0.303. The van der Waals surface area contributed by atoms with Crippen LogP contribution in [0.4, 0.5) is 18.0 Å². The molecule has 2 amide bonds. The van der Waals surface area contributed by atoms with Crippen molar-refractivity contribution >= 4 is 6.03 Å². The van der Waals surface area contributed by atoms with Crippen molar-refractivity contribution in [1.29, 1.82) is 0 Å². The fraction of sp³-hybridized carbons (Fsp3) is 0.409. The van der Waals surface area contributed by atoms with E-state index >= 15 is 0 Å². The second-order valence-electron chi connectivity index (χ2n) is 8.23. The van der Waals surface area contributed by atoms with Crippen molar-refractivity contribution in [2.45, 2.75) is 19.8 Å². The Balaban J connectivity index is 1.34. The summed E-state index contributed by atoms with van der Waals surface area (Å²) in [6.07, 6.45) is -2.37. The van der Waals surface area contributed by atoms with Gasteiger partial charge in [-0.25, -0.2) is 4.79 Å². The Bertz CT molecular complexity index is 960. The first-order chi connectivity index (χ1) is 14.2. The molecule has 4 rings (SSSR count). The number of urea groups is 1. The minimum atomic E-state index is -4.79. The predicted octanol–water partition coefficient (Wildman–Crippen LogP) is 3.78. The predicted molar refractivity (Wildman–Crippen MR) is 104 cm³/mol. The van der Waals surface area contributed by atoms with Crippen LogP contribution in [-0.4, -0.2) is 48.4 Å². The number of amides is 2. The van der Waals surface area contributed by atoms with Crippen molar-refractivity contribution in [3.05, 3.63) is 71.0 Å². The average Bonchev–Trinajstić information content (AvgIpc) is 3.14. The first-order valence-electron chi connectivity index (χ1n) is 9.72. The van der Waals surface area contributed by atoms with Gasteiger partial charge in [-0.15, -0.1) is 13.2 Å². The lowest BCUT2D eigenvalue weighted by Crippen LogP contribution is -2.40. The van der Waals surface area contributed by atoms with Gasteiger partial charge in [-0.3, -0.25) is 4.90 Å². The molecule has 0 radical (unpaired) electrons. The van der Waals surface area contributed by atoms with E-state index in [1.54, 1.807) is 4.90 Å². The molecule has 1 unspecified atom stereocenters. The highest BCUT2D eigenvalue weighted by molar-refractivity contribution is 5.77. The van der Waals surface area contributed by atoms with E-state index in [2.05, 4.69) is 45.5 Å². The summed E-state index contributed by atoms with van der Waals surface area (Å²) in [5.74, 6) is -0.118. The van der Waals surface area contributed by atoms with Gasteiger partial charge in [-0.2, -0.15) is 0 Å². The van der Waals surface area contributed by atoms with Crippen LogP contribution in [0.5, 0.6) is 0 Å². The number of carbonyl (C=O) groups is 1. The quantitative estimate of drug-likeness (QED) is 0.759. The molecular formula is C22H22F3N3O2. The molecule has 30 heavy (non-hydrogen) atoms. The van der Waals surface area contributed by atoms with Gasteiger partial charge in [0.2, 0.25) is 0 Å². The Morgan fingerprint density at radius 1 is 1.20 bits per heavy atom. The van der Waals surface area contributed by atoms with Crippen molar-refractivity contribution < 1.29 is 22.7 Å². The lowest BCUT2D eigenvalue weighted by Gasteiger charge is -2.25. The normalized spacial score (nSPS) is 25.7. The molecule has 158 valence electrons. The Kier molecular flexibility index (Phi) is 5.24. The van der Waals surface area contributed by atoms with Crippen molar-refractivity contribution in [2.24, 2.45) is 11.3 Å². The number of likely N-dealkylation sites (tertiary alicyclic amines) is 2. The molecule has 0 spiro atoms. The Morgan fingerprint density at radius 3 is 2.60 bits per heavy atom. The molecule has 0 saturated carbocycles. The summed E-state index contributed by atoms with van der Waals surface area (Å²) < 4.78 is 40.4. The van der Waals surface area contributed by atoms with Crippen LogP contribution in [0.2, 0.25) is 0 Å². The smallest absolute Gasteiger partial charge is 0.397 e. The van der Waals surface area contributed by atoms with Crippen LogP contribution in [0, 0.1) is 11.3 Å². The maximum Gasteiger partial charge on any atom is 0.573 e. The molecule has 0 bridgehead atoms. The lowest BCUT2D eigenvalue weighted by atomic mass is 9.83. The molecular weight excluding hydrogens is 395 g/mol. The number of hydrogen-bond acceptors (Lipinski definition) is 3. The zero-order chi connectivity index (χ0) is 21.4. The number of nitrogens with one attached hydrogen (secondary N) is 1. The molecule has 0 aromatic heterocycles. The van der Waals surface area contributed by atoms with Crippen LogP contribution in [0.25, 0.3) is 0 Å². The monoisotopic (exact) mass is 417 g/mol. The number of nitrogens with zero attached hydrogens (tertiary/aromatic N) is 2. The zero-order valence-corrected chi connectivity index (χ0v) is 16.5. The molecule has 2 heterocycles. The second kappa shape index (κ2) is 7.73. The van der Waals surface area contributed by atoms with E-state index in [0.29, 0.717) is 19.0 Å². The van der Waals surface area contributed by atoms with Crippen molar-refractivity contribution in [1.82, 2.24) is 15.1 Å². The van der Waals surface area contributed by atoms with Crippen molar-refractivity contribution in [3.63, 3.8) is 0 Å². The van der Waals surface area contributed by atoms with Gasteiger partial charge in [0.15, 0.2) is 5.76 Å². The molecule has 2 saturated heterocycles. The first kappa shape index (κ1) is 20.4. The van der Waals surface area contributed by atoms with Gasteiger partial charge in [-0.05, 0) is 35.1 Å². The molecule has 2 aliphatic heterocycles. The molecule has 8 heteroatoms. The standard InChI is InChI=1S/C22H22F3N3O2/c1-21-14-27(11-16-5-3-2-4-6-16)12-17(21)13-28(15-21)20(29)26-18-7-9-19(10-8-18)30-22(23,24)25/h2-7,9,17H,11-15H2,1H3,(H,26,29)/t17-,21?/m1/s1. The molecule has 3 aliphatic rings. The van der Waals surface area contributed by atoms with E-state index in [9.17, 15) is 18.0 Å². The van der Waals surface area contributed by atoms with Gasteiger partial charge in [0, 0.05) is 38.1 Å². The van der Waals surface area contributed by atoms with E-state index in [1.165, 1.54) is 11.6 Å². The summed E-state index contributed by atoms with van der Waals surface area (Å²) in [4.78, 5) is 16.8. The largest absolute Gasteiger partial charge is 0.573 e. The first-order valence-corrected chi connectivity index (χ1v) is 9.72. The summed E-state index contributed by atoms with van der Waals surface area (Å²) in [6.45, 7) is 6.23. The van der Waals surface area contributed by atoms with Crippen LogP contribution in [0.1, 0.15) is 12.5 Å². The fourth-order valence-corrected chi connectivity index (χ4v) is 4.40. The van der Waals surface area contributed by atoms with Crippen molar-refractivity contribution in [3.8, 4) is 0 Å². The third-order valence-corrected chi connectivity index (χ3v) is 5.77. The van der Waals surface area contributed by atoms with Crippen LogP contribution in [-0.2, 0) is 11.3 Å². The van der Waals surface area contributed by atoms with Gasteiger partial charge in [0.1, 0.15) is 0 Å². The van der Waals surface area contributed by atoms with Gasteiger partial charge in [0.25, 0.3) is 0 Å². The van der Waals surface area contributed by atoms with E-state index in [0.717, 1.165) is 25.7 Å². The van der Waals surface area contributed by atoms with Gasteiger partial charge in [-0.1, -0.05) is 37.3 Å². The summed E-state index contributed by atoms with van der Waals surface area (Å²) in [6, 6.07) is 10.0. The highest BCUT2D eigenvalue weighted by Gasteiger charge is 2.50. The average molecular weight is 417 g/mol. The fourth-order valence-electron chi connectivity index (χ4n) is 4.40. The van der Waals surface area contributed by atoms with Gasteiger partial charge < -0.3 is 15.0 Å². The number of ether oxygens (including phenoxy) is 1. The maximum atomic E-state index is 12.6. The summed E-state index contributed by atoms with van der Waals surface area (Å²) in [5, 5.41) is 2.68. The molecule has 5 nitrogen and oxygen atoms in total. The number of halogens is 3. The number of alkyl halides is 3. The second-order valence-corrected chi connectivity index (χ2v) is 8.23. The summed E-state index contributed by atoms with van der Waals surface area (Å²) in [5.41, 5.74) is 6.30. The molecule has 1 aromatic carbocycles. The highest BCUT2D eigenvalue weighted by Crippen LogP contribution is 2.42. The van der Waals surface area contributed by atoms with Crippen LogP contribution >= 0.6 is 0 Å². The SMILES string of the molecule is CC12CN(Cc3ccccc3)C[C@@H]1CN(C(=O)NC1=C=C=C(OC(F)(F)F)C=C1)C2. The zero-order valence-electron chi connectivity index (χ0n) is 16.5. The number of rotatable bonds is 4. The minimum absolute atomic E-state index is 0.0202. The Labute approximate surface area is 172 Å². The summed E-state index contributed by atoms with van der Waals surface area (Å²) >= 11 is 0. The summed E-state index contributed by atoms with van der Waals surface area (Å²) in [7, 11) is 0. The van der Waals surface area contributed by atoms with E-state index in [-0.39, 0.29) is 17.1 Å². The molecule has 1 aromatic rings. The third-order valence-electron chi connectivity index (χ3n) is 5.77. The molecule has 2 atom stereocenters. The van der Waals surface area contributed by atoms with Crippen LogP contribution in [0.3, 0.4) is 0 Å². The topological polar surface area (TPSA) is 44.8 Å². The molecule has 2 fully saturated rings. The van der Waals surface area contributed by atoms with Gasteiger partial charge in [0.05, 0.1) is 5.70 Å². The number of hydrogen-bond donors (Lipinski definition) is 1. The third kappa shape index (κ3) is 4.62. The maximum absolute atomic E-state index is 12.6. The number of allylic oxidation sites excluding steroid dienone is 2. The van der Waals surface area contributed by atoms with Crippen molar-refractivity contribution in [2.75, 3.05) is 26.2 Å². The van der Waals surface area contributed by atoms with Gasteiger partial charge >= 0.3 is 12.4 Å². The molecule has 1 aliphatic carbocycles. The van der Waals surface area contributed by atoms with Crippen LogP contribution in [0.15, 0.2) is 65.4 Å². The number of benzene rings is 1. The minimum Gasteiger partial charge on any atom is -0.397 e. The Hall–Kier alpha value is -2.92. The number of carbonyl (C=O) groups excluding carboxylic acids is 1. The van der Waals surface area contributed by atoms with E-state index < -0.39 is 12.1 Å². The number of fused-ring (bicyclic) bond motifs is 1. The molecule has 1 N–H and O–H groups in total.